The highest BCUT2D eigenvalue weighted by Crippen LogP contribution is 2.38. The first-order valence-electron chi connectivity index (χ1n) is 9.78. The van der Waals surface area contributed by atoms with Crippen LogP contribution in [0.15, 0.2) is 60.7 Å². The van der Waals surface area contributed by atoms with Gasteiger partial charge in [-0.3, -0.25) is 10.1 Å². The molecule has 3 rings (SSSR count). The molecule has 3 aromatic rings. The van der Waals surface area contributed by atoms with Gasteiger partial charge < -0.3 is 18.9 Å². The average molecular weight is 451 g/mol. The van der Waals surface area contributed by atoms with E-state index >= 15 is 0 Å². The van der Waals surface area contributed by atoms with Crippen molar-refractivity contribution in [2.24, 2.45) is 0 Å². The van der Waals surface area contributed by atoms with Crippen LogP contribution < -0.4 is 9.47 Å². The third-order valence-corrected chi connectivity index (χ3v) is 4.63. The fourth-order valence-electron chi connectivity index (χ4n) is 3.06. The number of esters is 2. The first-order valence-corrected chi connectivity index (χ1v) is 9.78. The van der Waals surface area contributed by atoms with Crippen LogP contribution in [-0.2, 0) is 16.1 Å². The number of benzene rings is 3. The van der Waals surface area contributed by atoms with E-state index in [1.54, 1.807) is 19.1 Å². The maximum atomic E-state index is 12.6. The number of methoxy groups -OCH3 is 2. The molecule has 0 atom stereocenters. The number of nitrogens with zero attached hydrogens (tertiary/aromatic N) is 1. The molecule has 9 heteroatoms. The van der Waals surface area contributed by atoms with E-state index in [1.807, 2.05) is 30.3 Å². The maximum absolute atomic E-state index is 12.6. The van der Waals surface area contributed by atoms with E-state index in [0.29, 0.717) is 5.56 Å². The molecule has 0 aliphatic carbocycles. The highest BCUT2D eigenvalue weighted by Gasteiger charge is 2.25. The van der Waals surface area contributed by atoms with E-state index in [9.17, 15) is 19.7 Å². The predicted molar refractivity (Wildman–Crippen MR) is 118 cm³/mol. The minimum atomic E-state index is -0.734. The van der Waals surface area contributed by atoms with Gasteiger partial charge in [0.15, 0.2) is 0 Å². The Morgan fingerprint density at radius 3 is 2.18 bits per heavy atom. The van der Waals surface area contributed by atoms with Gasteiger partial charge in [0.25, 0.3) is 0 Å². The number of ether oxygens (including phenoxy) is 4. The van der Waals surface area contributed by atoms with Crippen molar-refractivity contribution in [3.05, 3.63) is 93.0 Å². The number of nitro groups is 1. The smallest absolute Gasteiger partial charge is 0.345 e. The summed E-state index contributed by atoms with van der Waals surface area (Å²) in [4.78, 5) is 35.3. The summed E-state index contributed by atoms with van der Waals surface area (Å²) in [5.74, 6) is -1.42. The Morgan fingerprint density at radius 2 is 1.55 bits per heavy atom. The lowest BCUT2D eigenvalue weighted by Gasteiger charge is -2.16. The van der Waals surface area contributed by atoms with Gasteiger partial charge in [-0.05, 0) is 42.3 Å². The molecule has 0 bridgehead atoms. The third-order valence-electron chi connectivity index (χ3n) is 4.63. The summed E-state index contributed by atoms with van der Waals surface area (Å²) in [5, 5.41) is 11.6. The standard InChI is InChI=1S/C24H21NO8/c1-15-11-20(32-14-16-7-5-4-6-8-16)22(24(27)31-3)21(12-15)33-19-10-9-17(23(26)30-2)13-18(19)25(28)29/h4-13H,14H2,1-3H3. The molecule has 33 heavy (non-hydrogen) atoms. The van der Waals surface area contributed by atoms with Gasteiger partial charge in [0, 0.05) is 6.07 Å². The van der Waals surface area contributed by atoms with Crippen LogP contribution in [0.4, 0.5) is 5.69 Å². The molecule has 0 spiro atoms. The Hall–Kier alpha value is -4.40. The number of rotatable bonds is 8. The SMILES string of the molecule is COC(=O)c1ccc(Oc2cc(C)cc(OCc3ccccc3)c2C(=O)OC)c([N+](=O)[O-])c1. The molecular weight excluding hydrogens is 430 g/mol. The van der Waals surface area contributed by atoms with Crippen LogP contribution in [0.5, 0.6) is 17.2 Å². The van der Waals surface area contributed by atoms with Crippen molar-refractivity contribution in [1.29, 1.82) is 0 Å². The van der Waals surface area contributed by atoms with Crippen LogP contribution in [-0.4, -0.2) is 31.1 Å². The fourth-order valence-corrected chi connectivity index (χ4v) is 3.06. The van der Waals surface area contributed by atoms with Crippen LogP contribution in [0, 0.1) is 17.0 Å². The van der Waals surface area contributed by atoms with Crippen LogP contribution in [0.3, 0.4) is 0 Å². The summed E-state index contributed by atoms with van der Waals surface area (Å²) in [5.41, 5.74) is 1.06. The fraction of sp³-hybridized carbons (Fsp3) is 0.167. The minimum Gasteiger partial charge on any atom is -0.488 e. The van der Waals surface area contributed by atoms with Gasteiger partial charge in [-0.15, -0.1) is 0 Å². The average Bonchev–Trinajstić information content (AvgIpc) is 2.82. The van der Waals surface area contributed by atoms with Crippen molar-refractivity contribution >= 4 is 17.6 Å². The van der Waals surface area contributed by atoms with Crippen molar-refractivity contribution in [2.45, 2.75) is 13.5 Å². The van der Waals surface area contributed by atoms with Crippen molar-refractivity contribution in [3.63, 3.8) is 0 Å². The molecule has 0 saturated carbocycles. The summed E-state index contributed by atoms with van der Waals surface area (Å²) < 4.78 is 21.2. The zero-order valence-corrected chi connectivity index (χ0v) is 18.2. The summed E-state index contributed by atoms with van der Waals surface area (Å²) in [6.45, 7) is 1.94. The molecule has 0 fully saturated rings. The molecule has 0 radical (unpaired) electrons. The van der Waals surface area contributed by atoms with Crippen molar-refractivity contribution in [2.75, 3.05) is 14.2 Å². The normalized spacial score (nSPS) is 10.3. The van der Waals surface area contributed by atoms with Crippen molar-refractivity contribution in [3.8, 4) is 17.2 Å². The van der Waals surface area contributed by atoms with Gasteiger partial charge in [0.2, 0.25) is 5.75 Å². The lowest BCUT2D eigenvalue weighted by molar-refractivity contribution is -0.385. The Labute approximate surface area is 189 Å². The zero-order valence-electron chi connectivity index (χ0n) is 18.2. The lowest BCUT2D eigenvalue weighted by atomic mass is 10.1. The van der Waals surface area contributed by atoms with Crippen LogP contribution in [0.25, 0.3) is 0 Å². The highest BCUT2D eigenvalue weighted by atomic mass is 16.6. The van der Waals surface area contributed by atoms with E-state index < -0.39 is 22.5 Å². The van der Waals surface area contributed by atoms with Crippen molar-refractivity contribution < 1.29 is 33.5 Å². The number of carbonyl (C=O) groups excluding carboxylic acids is 2. The zero-order chi connectivity index (χ0) is 24.0. The molecule has 0 saturated heterocycles. The van der Waals surface area contributed by atoms with Gasteiger partial charge in [0.05, 0.1) is 24.7 Å². The predicted octanol–water partition coefficient (Wildman–Crippen LogP) is 4.85. The summed E-state index contributed by atoms with van der Waals surface area (Å²) in [6, 6.07) is 16.2. The second-order valence-corrected chi connectivity index (χ2v) is 6.94. The van der Waals surface area contributed by atoms with Crippen LogP contribution >= 0.6 is 0 Å². The molecule has 0 unspecified atom stereocenters. The Kier molecular flexibility index (Phi) is 7.24. The minimum absolute atomic E-state index is 0.0128. The number of hydrogen-bond acceptors (Lipinski definition) is 8. The van der Waals surface area contributed by atoms with E-state index in [4.69, 9.17) is 14.2 Å². The number of carbonyl (C=O) groups is 2. The van der Waals surface area contributed by atoms with Crippen LogP contribution in [0.1, 0.15) is 31.8 Å². The molecule has 3 aromatic carbocycles. The number of nitro benzene ring substituents is 1. The van der Waals surface area contributed by atoms with Crippen molar-refractivity contribution in [1.82, 2.24) is 0 Å². The van der Waals surface area contributed by atoms with Gasteiger partial charge in [-0.1, -0.05) is 30.3 Å². The van der Waals surface area contributed by atoms with E-state index in [0.717, 1.165) is 11.6 Å². The summed E-state index contributed by atoms with van der Waals surface area (Å²) >= 11 is 0. The molecule has 0 aliphatic heterocycles. The van der Waals surface area contributed by atoms with Gasteiger partial charge in [-0.25, -0.2) is 9.59 Å². The Bertz CT molecular complexity index is 1190. The largest absolute Gasteiger partial charge is 0.488 e. The molecule has 0 amide bonds. The first kappa shape index (κ1) is 23.3. The lowest BCUT2D eigenvalue weighted by Crippen LogP contribution is -2.09. The Morgan fingerprint density at radius 1 is 0.879 bits per heavy atom. The molecule has 0 aliphatic rings. The quantitative estimate of drug-likeness (QED) is 0.271. The summed E-state index contributed by atoms with van der Waals surface area (Å²) in [7, 11) is 2.38. The van der Waals surface area contributed by atoms with E-state index in [1.165, 1.54) is 26.4 Å². The molecule has 9 nitrogen and oxygen atoms in total. The molecule has 0 aromatic heterocycles. The van der Waals surface area contributed by atoms with Crippen LogP contribution in [0.2, 0.25) is 0 Å². The summed E-state index contributed by atoms with van der Waals surface area (Å²) in [6.07, 6.45) is 0. The number of aryl methyl sites for hydroxylation is 1. The number of hydrogen-bond donors (Lipinski definition) is 0. The second kappa shape index (κ2) is 10.3. The van der Waals surface area contributed by atoms with Gasteiger partial charge >= 0.3 is 17.6 Å². The second-order valence-electron chi connectivity index (χ2n) is 6.94. The molecule has 0 heterocycles. The monoisotopic (exact) mass is 451 g/mol. The maximum Gasteiger partial charge on any atom is 0.345 e. The van der Waals surface area contributed by atoms with Gasteiger partial charge in [-0.2, -0.15) is 0 Å². The molecule has 0 N–H and O–H groups in total. The molecular formula is C24H21NO8. The van der Waals surface area contributed by atoms with E-state index in [-0.39, 0.29) is 35.0 Å². The first-order chi connectivity index (χ1) is 15.8. The van der Waals surface area contributed by atoms with Gasteiger partial charge in [0.1, 0.15) is 23.7 Å². The Balaban J connectivity index is 2.04. The van der Waals surface area contributed by atoms with E-state index in [2.05, 4.69) is 4.74 Å². The molecule has 170 valence electrons. The topological polar surface area (TPSA) is 114 Å². The third kappa shape index (κ3) is 5.45. The highest BCUT2D eigenvalue weighted by molar-refractivity contribution is 5.96.